The molecule has 0 bridgehead atoms. The second-order valence-electron chi connectivity index (χ2n) is 5.89. The third kappa shape index (κ3) is 7.51. The molecule has 0 saturated carbocycles. The molecule has 1 aliphatic rings. The first-order valence-corrected chi connectivity index (χ1v) is 8.18. The largest absolute Gasteiger partial charge is 0.468 e. The number of benzene rings is 1. The molecule has 0 saturated heterocycles. The number of nitrogens with one attached hydrogen (secondary N) is 1. The number of halogens is 4. The number of ether oxygens (including phenoxy) is 1. The van der Waals surface area contributed by atoms with Gasteiger partial charge in [0.2, 0.25) is 5.88 Å². The summed E-state index contributed by atoms with van der Waals surface area (Å²) in [7, 11) is 0. The molecule has 2 aromatic rings. The van der Waals surface area contributed by atoms with Gasteiger partial charge in [-0.15, -0.1) is 0 Å². The first kappa shape index (κ1) is 20.5. The highest BCUT2D eigenvalue weighted by Crippen LogP contribution is 2.22. The number of primary amides is 1. The van der Waals surface area contributed by atoms with E-state index < -0.39 is 18.8 Å². The van der Waals surface area contributed by atoms with Crippen LogP contribution in [0.3, 0.4) is 0 Å². The maximum absolute atomic E-state index is 12.6. The molecule has 0 radical (unpaired) electrons. The lowest BCUT2D eigenvalue weighted by Crippen LogP contribution is -2.28. The van der Waals surface area contributed by atoms with Crippen LogP contribution >= 0.6 is 0 Å². The molecule has 1 heterocycles. The summed E-state index contributed by atoms with van der Waals surface area (Å²) in [6.07, 6.45) is 0.258. The van der Waals surface area contributed by atoms with E-state index in [1.807, 2.05) is 6.07 Å². The minimum atomic E-state index is -4.41. The molecule has 0 atom stereocenters. The Morgan fingerprint density at radius 2 is 1.93 bits per heavy atom. The summed E-state index contributed by atoms with van der Waals surface area (Å²) in [5, 5.41) is 2.29. The Kier molecular flexibility index (Phi) is 6.98. The Morgan fingerprint density at radius 3 is 2.63 bits per heavy atom. The fourth-order valence-corrected chi connectivity index (χ4v) is 2.52. The molecule has 2 amide bonds. The van der Waals surface area contributed by atoms with Crippen molar-refractivity contribution in [3.05, 3.63) is 59.0 Å². The minimum Gasteiger partial charge on any atom is -0.468 e. The van der Waals surface area contributed by atoms with Crippen LogP contribution in [0.5, 0.6) is 5.88 Å². The highest BCUT2D eigenvalue weighted by molar-refractivity contribution is 5.71. The first-order chi connectivity index (χ1) is 12.7. The summed E-state index contributed by atoms with van der Waals surface area (Å²) < 4.78 is 52.6. The molecule has 1 aliphatic carbocycles. The van der Waals surface area contributed by atoms with E-state index in [9.17, 15) is 22.4 Å². The van der Waals surface area contributed by atoms with Crippen LogP contribution in [0.4, 0.5) is 22.4 Å². The molecular formula is C18H19F4N3O2. The van der Waals surface area contributed by atoms with Gasteiger partial charge in [-0.3, -0.25) is 0 Å². The first-order valence-electron chi connectivity index (χ1n) is 8.18. The van der Waals surface area contributed by atoms with Gasteiger partial charge >= 0.3 is 12.2 Å². The summed E-state index contributed by atoms with van der Waals surface area (Å²) >= 11 is 0. The average Bonchev–Trinajstić information content (AvgIpc) is 3.06. The number of pyridine rings is 1. The molecule has 3 N–H and O–H groups in total. The molecule has 5 nitrogen and oxygen atoms in total. The Hall–Kier alpha value is -2.84. The lowest BCUT2D eigenvalue weighted by atomic mass is 10.1. The van der Waals surface area contributed by atoms with E-state index >= 15 is 0 Å². The number of carbonyl (C=O) groups is 1. The fraction of sp³-hybridized carbons (Fsp3) is 0.333. The predicted octanol–water partition coefficient (Wildman–Crippen LogP) is 3.51. The van der Waals surface area contributed by atoms with Crippen LogP contribution in [0.1, 0.15) is 23.1 Å². The number of aromatic nitrogens is 1. The van der Waals surface area contributed by atoms with E-state index in [2.05, 4.69) is 15.0 Å². The number of carbonyl (C=O) groups excluding carboxylic acids is 1. The number of nitrogens with two attached hydrogens (primary N) is 1. The van der Waals surface area contributed by atoms with Crippen LogP contribution in [-0.4, -0.2) is 23.8 Å². The molecule has 146 valence electrons. The van der Waals surface area contributed by atoms with Crippen LogP contribution in [0, 0.1) is 5.82 Å². The highest BCUT2D eigenvalue weighted by Gasteiger charge is 2.28. The van der Waals surface area contributed by atoms with E-state index in [-0.39, 0.29) is 18.2 Å². The van der Waals surface area contributed by atoms with Gasteiger partial charge in [-0.05, 0) is 54.2 Å². The number of nitrogens with zero attached hydrogens (tertiary/aromatic N) is 1. The van der Waals surface area contributed by atoms with Crippen molar-refractivity contribution in [3.63, 3.8) is 0 Å². The molecule has 9 heteroatoms. The number of amides is 2. The van der Waals surface area contributed by atoms with Crippen LogP contribution in [0.25, 0.3) is 0 Å². The maximum atomic E-state index is 12.6. The van der Waals surface area contributed by atoms with E-state index in [0.29, 0.717) is 5.56 Å². The average molecular weight is 385 g/mol. The monoisotopic (exact) mass is 385 g/mol. The van der Waals surface area contributed by atoms with E-state index in [1.54, 1.807) is 12.1 Å². The smallest absolute Gasteiger partial charge is 0.422 e. The van der Waals surface area contributed by atoms with Gasteiger partial charge in [-0.1, -0.05) is 6.07 Å². The Labute approximate surface area is 153 Å². The second kappa shape index (κ2) is 9.20. The summed E-state index contributed by atoms with van der Waals surface area (Å²) in [5.74, 6) is -0.258. The summed E-state index contributed by atoms with van der Waals surface area (Å²) in [6, 6.07) is 7.20. The van der Waals surface area contributed by atoms with Gasteiger partial charge < -0.3 is 15.8 Å². The number of hydrogen-bond donors (Lipinski definition) is 2. The molecule has 3 rings (SSSR count). The topological polar surface area (TPSA) is 77.2 Å². The van der Waals surface area contributed by atoms with E-state index in [4.69, 9.17) is 5.73 Å². The third-order valence-electron chi connectivity index (χ3n) is 3.71. The molecule has 1 aromatic heterocycles. The summed E-state index contributed by atoms with van der Waals surface area (Å²) in [6.45, 7) is -1.31. The van der Waals surface area contributed by atoms with Crippen molar-refractivity contribution in [1.29, 1.82) is 0 Å². The molecule has 0 unspecified atom stereocenters. The highest BCUT2D eigenvalue weighted by atomic mass is 19.4. The van der Waals surface area contributed by atoms with Gasteiger partial charge in [0.1, 0.15) is 5.82 Å². The lowest BCUT2D eigenvalue weighted by molar-refractivity contribution is -0.154. The van der Waals surface area contributed by atoms with Crippen molar-refractivity contribution in [2.75, 3.05) is 6.61 Å². The quantitative estimate of drug-likeness (QED) is 0.791. The Morgan fingerprint density at radius 1 is 1.19 bits per heavy atom. The zero-order valence-electron chi connectivity index (χ0n) is 14.4. The maximum Gasteiger partial charge on any atom is 0.422 e. The number of alkyl halides is 3. The van der Waals surface area contributed by atoms with Crippen molar-refractivity contribution in [2.24, 2.45) is 5.73 Å². The number of rotatable bonds is 4. The third-order valence-corrected chi connectivity index (χ3v) is 3.71. The van der Waals surface area contributed by atoms with Crippen molar-refractivity contribution in [3.8, 4) is 5.88 Å². The van der Waals surface area contributed by atoms with Gasteiger partial charge in [-0.25, -0.2) is 14.2 Å². The predicted molar refractivity (Wildman–Crippen MR) is 90.6 cm³/mol. The fourth-order valence-electron chi connectivity index (χ4n) is 2.52. The Bertz CT molecular complexity index is 781. The molecule has 0 aliphatic heterocycles. The normalized spacial score (nSPS) is 12.6. The van der Waals surface area contributed by atoms with E-state index in [1.165, 1.54) is 35.9 Å². The molecular weight excluding hydrogens is 366 g/mol. The van der Waals surface area contributed by atoms with Crippen LogP contribution in [0.2, 0.25) is 0 Å². The van der Waals surface area contributed by atoms with Crippen molar-refractivity contribution >= 4 is 6.03 Å². The number of urea groups is 1. The zero-order chi connectivity index (χ0) is 19.9. The van der Waals surface area contributed by atoms with Crippen molar-refractivity contribution in [2.45, 2.75) is 32.0 Å². The molecule has 1 aromatic carbocycles. The standard InChI is InChI=1S/C9H10F3N3O2.C9H9F/c10-9(11,12)5-17-7-3-6(1-2-14-7)4-15-8(13)16;10-9-5-4-7-2-1-3-8(7)6-9/h1-3H,4-5H2,(H3,13,15,16);4-6H,1-3H2. The summed E-state index contributed by atoms with van der Waals surface area (Å²) in [4.78, 5) is 14.0. The second-order valence-corrected chi connectivity index (χ2v) is 5.89. The Balaban J connectivity index is 0.000000219. The molecule has 27 heavy (non-hydrogen) atoms. The van der Waals surface area contributed by atoms with Crippen molar-refractivity contribution < 1.29 is 27.1 Å². The van der Waals surface area contributed by atoms with Crippen molar-refractivity contribution in [1.82, 2.24) is 10.3 Å². The van der Waals surface area contributed by atoms with Gasteiger partial charge in [-0.2, -0.15) is 13.2 Å². The number of hydrogen-bond acceptors (Lipinski definition) is 3. The summed E-state index contributed by atoms with van der Waals surface area (Å²) in [5.41, 5.74) is 7.93. The molecule has 0 spiro atoms. The molecule has 0 fully saturated rings. The number of aryl methyl sites for hydroxylation is 2. The van der Waals surface area contributed by atoms with Crippen LogP contribution in [-0.2, 0) is 19.4 Å². The van der Waals surface area contributed by atoms with Crippen LogP contribution < -0.4 is 15.8 Å². The van der Waals surface area contributed by atoms with Gasteiger partial charge in [0.05, 0.1) is 0 Å². The van der Waals surface area contributed by atoms with Crippen LogP contribution in [0.15, 0.2) is 36.5 Å². The number of fused-ring (bicyclic) bond motifs is 1. The zero-order valence-corrected chi connectivity index (χ0v) is 14.4. The lowest BCUT2D eigenvalue weighted by Gasteiger charge is -2.09. The van der Waals surface area contributed by atoms with Gasteiger partial charge in [0, 0.05) is 18.8 Å². The van der Waals surface area contributed by atoms with Gasteiger partial charge in [0.25, 0.3) is 0 Å². The SMILES string of the molecule is Fc1ccc2c(c1)CCC2.NC(=O)NCc1ccnc(OCC(F)(F)F)c1. The van der Waals surface area contributed by atoms with E-state index in [0.717, 1.165) is 12.8 Å². The van der Waals surface area contributed by atoms with Gasteiger partial charge in [0.15, 0.2) is 6.61 Å². The minimum absolute atomic E-state index is 0.0966.